The summed E-state index contributed by atoms with van der Waals surface area (Å²) in [7, 11) is 0. The maximum atomic E-state index is 11.4. The van der Waals surface area contributed by atoms with Gasteiger partial charge in [0.25, 0.3) is 6.01 Å². The molecule has 4 N–H and O–H groups in total. The van der Waals surface area contributed by atoms with Crippen molar-refractivity contribution in [1.82, 2.24) is 4.98 Å². The first-order chi connectivity index (χ1) is 9.54. The zero-order valence-corrected chi connectivity index (χ0v) is 11.4. The molecular weight excluding hydrogens is 256 g/mol. The fourth-order valence-corrected chi connectivity index (χ4v) is 2.66. The molecule has 6 heteroatoms. The number of carbonyl (C=O) groups is 1. The standard InChI is InChI=1S/C14H18N4O2/c1-8-2-3-9(13(16)19)7-18(8)14-17-11-6-10(15)4-5-12(11)20-14/h4-6,8-9H,2-3,7,15H2,1H3,(H2,16,19). The Bertz CT molecular complexity index is 652. The van der Waals surface area contributed by atoms with Gasteiger partial charge in [-0.1, -0.05) is 0 Å². The molecule has 20 heavy (non-hydrogen) atoms. The molecule has 0 spiro atoms. The molecule has 0 aliphatic carbocycles. The third-order valence-electron chi connectivity index (χ3n) is 3.93. The number of oxazole rings is 1. The highest BCUT2D eigenvalue weighted by Crippen LogP contribution is 2.30. The Balaban J connectivity index is 1.93. The van der Waals surface area contributed by atoms with Crippen LogP contribution >= 0.6 is 0 Å². The highest BCUT2D eigenvalue weighted by atomic mass is 16.4. The lowest BCUT2D eigenvalue weighted by molar-refractivity contribution is -0.122. The van der Waals surface area contributed by atoms with Gasteiger partial charge in [0.2, 0.25) is 5.91 Å². The molecule has 2 aromatic rings. The molecule has 3 rings (SSSR count). The highest BCUT2D eigenvalue weighted by Gasteiger charge is 2.31. The number of primary amides is 1. The summed E-state index contributed by atoms with van der Waals surface area (Å²) in [5.41, 5.74) is 13.2. The number of amides is 1. The third-order valence-corrected chi connectivity index (χ3v) is 3.93. The number of carbonyl (C=O) groups excluding carboxylic acids is 1. The summed E-state index contributed by atoms with van der Waals surface area (Å²) < 4.78 is 5.77. The molecule has 106 valence electrons. The molecule has 2 atom stereocenters. The number of rotatable bonds is 2. The van der Waals surface area contributed by atoms with E-state index in [1.807, 2.05) is 4.90 Å². The van der Waals surface area contributed by atoms with Crippen LogP contribution in [0, 0.1) is 5.92 Å². The Morgan fingerprint density at radius 1 is 1.45 bits per heavy atom. The first-order valence-corrected chi connectivity index (χ1v) is 6.76. The van der Waals surface area contributed by atoms with Crippen LogP contribution in [0.5, 0.6) is 0 Å². The van der Waals surface area contributed by atoms with Crippen LogP contribution in [0.1, 0.15) is 19.8 Å². The first-order valence-electron chi connectivity index (χ1n) is 6.76. The summed E-state index contributed by atoms with van der Waals surface area (Å²) in [4.78, 5) is 17.9. The minimum atomic E-state index is -0.262. The van der Waals surface area contributed by atoms with Crippen LogP contribution in [-0.2, 0) is 4.79 Å². The number of piperidine rings is 1. The van der Waals surface area contributed by atoms with Crippen molar-refractivity contribution in [2.75, 3.05) is 17.2 Å². The summed E-state index contributed by atoms with van der Waals surface area (Å²) in [5.74, 6) is -0.409. The summed E-state index contributed by atoms with van der Waals surface area (Å²) in [5, 5.41) is 0. The van der Waals surface area contributed by atoms with Crippen molar-refractivity contribution < 1.29 is 9.21 Å². The van der Waals surface area contributed by atoms with Gasteiger partial charge in [-0.3, -0.25) is 4.79 Å². The Labute approximate surface area is 116 Å². The van der Waals surface area contributed by atoms with Crippen LogP contribution < -0.4 is 16.4 Å². The second-order valence-corrected chi connectivity index (χ2v) is 5.40. The van der Waals surface area contributed by atoms with Crippen molar-refractivity contribution in [3.05, 3.63) is 18.2 Å². The molecule has 0 saturated carbocycles. The average molecular weight is 274 g/mol. The van der Waals surface area contributed by atoms with Gasteiger partial charge in [-0.25, -0.2) is 0 Å². The van der Waals surface area contributed by atoms with Crippen molar-refractivity contribution in [3.63, 3.8) is 0 Å². The van der Waals surface area contributed by atoms with Crippen LogP contribution in [0.15, 0.2) is 22.6 Å². The van der Waals surface area contributed by atoms with Gasteiger partial charge in [0.05, 0.1) is 5.92 Å². The molecule has 6 nitrogen and oxygen atoms in total. The summed E-state index contributed by atoms with van der Waals surface area (Å²) in [6.07, 6.45) is 1.72. The van der Waals surface area contributed by atoms with Crippen molar-refractivity contribution in [3.8, 4) is 0 Å². The van der Waals surface area contributed by atoms with Crippen molar-refractivity contribution in [1.29, 1.82) is 0 Å². The van der Waals surface area contributed by atoms with Crippen LogP contribution in [-0.4, -0.2) is 23.5 Å². The molecular formula is C14H18N4O2. The Kier molecular flexibility index (Phi) is 3.00. The van der Waals surface area contributed by atoms with Crippen molar-refractivity contribution in [2.45, 2.75) is 25.8 Å². The van der Waals surface area contributed by atoms with Crippen LogP contribution in [0.25, 0.3) is 11.1 Å². The van der Waals surface area contributed by atoms with Gasteiger partial charge in [0.1, 0.15) is 5.52 Å². The van der Waals surface area contributed by atoms with E-state index >= 15 is 0 Å². The largest absolute Gasteiger partial charge is 0.423 e. The van der Waals surface area contributed by atoms with E-state index in [1.54, 1.807) is 18.2 Å². The van der Waals surface area contributed by atoms with Gasteiger partial charge in [-0.15, -0.1) is 0 Å². The molecule has 2 heterocycles. The lowest BCUT2D eigenvalue weighted by atomic mass is 9.93. The molecule has 1 aliphatic rings. The van der Waals surface area contributed by atoms with Gasteiger partial charge < -0.3 is 20.8 Å². The quantitative estimate of drug-likeness (QED) is 0.809. The number of anilines is 2. The number of fused-ring (bicyclic) bond motifs is 1. The number of hydrogen-bond donors (Lipinski definition) is 2. The highest BCUT2D eigenvalue weighted by molar-refractivity contribution is 5.79. The van der Waals surface area contributed by atoms with E-state index in [0.29, 0.717) is 23.8 Å². The second-order valence-electron chi connectivity index (χ2n) is 5.40. The maximum Gasteiger partial charge on any atom is 0.298 e. The third kappa shape index (κ3) is 2.17. The SMILES string of the molecule is CC1CCC(C(N)=O)CN1c1nc2cc(N)ccc2o1. The fourth-order valence-electron chi connectivity index (χ4n) is 2.66. The average Bonchev–Trinajstić information content (AvgIpc) is 2.81. The van der Waals surface area contributed by atoms with Crippen molar-refractivity contribution in [2.24, 2.45) is 11.7 Å². The molecule has 1 saturated heterocycles. The number of hydrogen-bond acceptors (Lipinski definition) is 5. The van der Waals surface area contributed by atoms with E-state index in [9.17, 15) is 4.79 Å². The predicted molar refractivity (Wildman–Crippen MR) is 77.1 cm³/mol. The second kappa shape index (κ2) is 4.70. The molecule has 2 unspecified atom stereocenters. The topological polar surface area (TPSA) is 98.4 Å². The van der Waals surface area contributed by atoms with Crippen molar-refractivity contribution >= 4 is 28.7 Å². The zero-order chi connectivity index (χ0) is 14.3. The minimum absolute atomic E-state index is 0.147. The fraction of sp³-hybridized carbons (Fsp3) is 0.429. The monoisotopic (exact) mass is 274 g/mol. The van der Waals surface area contributed by atoms with Gasteiger partial charge in [-0.05, 0) is 38.0 Å². The van der Waals surface area contributed by atoms with Crippen LogP contribution in [0.2, 0.25) is 0 Å². The molecule has 1 fully saturated rings. The van der Waals surface area contributed by atoms with Crippen LogP contribution in [0.3, 0.4) is 0 Å². The number of benzene rings is 1. The summed E-state index contributed by atoms with van der Waals surface area (Å²) in [6.45, 7) is 2.65. The molecule has 0 bridgehead atoms. The van der Waals surface area contributed by atoms with E-state index in [0.717, 1.165) is 18.4 Å². The minimum Gasteiger partial charge on any atom is -0.423 e. The van der Waals surface area contributed by atoms with E-state index in [-0.39, 0.29) is 17.9 Å². The molecule has 1 aliphatic heterocycles. The lowest BCUT2D eigenvalue weighted by Gasteiger charge is -2.35. The summed E-state index contributed by atoms with van der Waals surface area (Å²) >= 11 is 0. The smallest absolute Gasteiger partial charge is 0.298 e. The number of nitrogen functional groups attached to an aromatic ring is 1. The van der Waals surface area contributed by atoms with Gasteiger partial charge >= 0.3 is 0 Å². The Hall–Kier alpha value is -2.24. The molecule has 1 amide bonds. The Morgan fingerprint density at radius 3 is 3.00 bits per heavy atom. The Morgan fingerprint density at radius 2 is 2.25 bits per heavy atom. The van der Waals surface area contributed by atoms with Gasteiger partial charge in [-0.2, -0.15) is 4.98 Å². The van der Waals surface area contributed by atoms with E-state index in [2.05, 4.69) is 11.9 Å². The maximum absolute atomic E-state index is 11.4. The van der Waals surface area contributed by atoms with Gasteiger partial charge in [0.15, 0.2) is 5.58 Å². The molecule has 0 radical (unpaired) electrons. The molecule has 1 aromatic carbocycles. The number of nitrogens with zero attached hydrogens (tertiary/aromatic N) is 2. The first kappa shape index (κ1) is 12.8. The summed E-state index contributed by atoms with van der Waals surface area (Å²) in [6, 6.07) is 6.17. The van der Waals surface area contributed by atoms with Crippen LogP contribution in [0.4, 0.5) is 11.7 Å². The predicted octanol–water partition coefficient (Wildman–Crippen LogP) is 1.50. The number of aromatic nitrogens is 1. The number of nitrogens with two attached hydrogens (primary N) is 2. The van der Waals surface area contributed by atoms with Gasteiger partial charge in [0, 0.05) is 18.3 Å². The normalized spacial score (nSPS) is 23.1. The zero-order valence-electron chi connectivity index (χ0n) is 11.4. The van der Waals surface area contributed by atoms with E-state index in [1.165, 1.54) is 0 Å². The van der Waals surface area contributed by atoms with E-state index < -0.39 is 0 Å². The van der Waals surface area contributed by atoms with E-state index in [4.69, 9.17) is 15.9 Å². The molecule has 1 aromatic heterocycles. The lowest BCUT2D eigenvalue weighted by Crippen LogP contribution is -2.46.